The predicted molar refractivity (Wildman–Crippen MR) is 43.8 cm³/mol. The predicted octanol–water partition coefficient (Wildman–Crippen LogP) is 2.39. The van der Waals surface area contributed by atoms with E-state index in [0.29, 0.717) is 6.61 Å². The number of halogens is 3. The van der Waals surface area contributed by atoms with Gasteiger partial charge in [0.1, 0.15) is 12.9 Å². The molecule has 14 heavy (non-hydrogen) atoms. The van der Waals surface area contributed by atoms with Crippen LogP contribution in [0.5, 0.6) is 0 Å². The lowest BCUT2D eigenvalue weighted by Crippen LogP contribution is -2.12. The van der Waals surface area contributed by atoms with Crippen molar-refractivity contribution in [2.45, 2.75) is 19.5 Å². The van der Waals surface area contributed by atoms with Crippen molar-refractivity contribution in [3.8, 4) is 0 Å². The summed E-state index contributed by atoms with van der Waals surface area (Å²) in [5, 5.41) is 8.36. The standard InChI is InChI=1S/C8H13F3O3/c1-2-3-13-4-5-14-6-7(12)8(9,10)11/h6,12H,2-5H2,1H3. The zero-order valence-electron chi connectivity index (χ0n) is 7.80. The monoisotopic (exact) mass is 214 g/mol. The largest absolute Gasteiger partial charge is 0.502 e. The molecule has 0 radical (unpaired) electrons. The van der Waals surface area contributed by atoms with E-state index in [4.69, 9.17) is 9.84 Å². The number of hydrogen-bond donors (Lipinski definition) is 1. The fraction of sp³-hybridized carbons (Fsp3) is 0.750. The van der Waals surface area contributed by atoms with Gasteiger partial charge in [0.25, 0.3) is 0 Å². The van der Waals surface area contributed by atoms with Gasteiger partial charge >= 0.3 is 6.18 Å². The third-order valence-corrected chi connectivity index (χ3v) is 1.18. The minimum absolute atomic E-state index is 0.0138. The van der Waals surface area contributed by atoms with Crippen LogP contribution in [0.2, 0.25) is 0 Å². The maximum atomic E-state index is 11.6. The fourth-order valence-corrected chi connectivity index (χ4v) is 0.558. The van der Waals surface area contributed by atoms with Gasteiger partial charge in [0.15, 0.2) is 0 Å². The molecule has 0 spiro atoms. The Morgan fingerprint density at radius 3 is 2.43 bits per heavy atom. The third kappa shape index (κ3) is 6.59. The topological polar surface area (TPSA) is 38.7 Å². The van der Waals surface area contributed by atoms with Crippen LogP contribution in [0.1, 0.15) is 13.3 Å². The van der Waals surface area contributed by atoms with E-state index in [2.05, 4.69) is 4.74 Å². The van der Waals surface area contributed by atoms with Crippen molar-refractivity contribution in [3.63, 3.8) is 0 Å². The average Bonchev–Trinajstić information content (AvgIpc) is 2.09. The Labute approximate surface area is 80.1 Å². The summed E-state index contributed by atoms with van der Waals surface area (Å²) in [5.74, 6) is -1.74. The molecule has 0 saturated carbocycles. The van der Waals surface area contributed by atoms with Gasteiger partial charge < -0.3 is 14.6 Å². The number of ether oxygens (including phenoxy) is 2. The Bertz CT molecular complexity index is 177. The van der Waals surface area contributed by atoms with Crippen molar-refractivity contribution in [2.75, 3.05) is 19.8 Å². The van der Waals surface area contributed by atoms with E-state index < -0.39 is 11.9 Å². The second-order valence-electron chi connectivity index (χ2n) is 2.48. The molecule has 0 aliphatic heterocycles. The van der Waals surface area contributed by atoms with Gasteiger partial charge in [-0.3, -0.25) is 0 Å². The molecule has 0 aromatic carbocycles. The van der Waals surface area contributed by atoms with Crippen molar-refractivity contribution >= 4 is 0 Å². The third-order valence-electron chi connectivity index (χ3n) is 1.18. The minimum Gasteiger partial charge on any atom is -0.502 e. The van der Waals surface area contributed by atoms with Gasteiger partial charge in [0.05, 0.1) is 6.61 Å². The average molecular weight is 214 g/mol. The van der Waals surface area contributed by atoms with Crippen LogP contribution in [-0.4, -0.2) is 31.1 Å². The van der Waals surface area contributed by atoms with Crippen molar-refractivity contribution in [2.24, 2.45) is 0 Å². The van der Waals surface area contributed by atoms with Gasteiger partial charge in [-0.25, -0.2) is 0 Å². The summed E-state index contributed by atoms with van der Waals surface area (Å²) in [5.41, 5.74) is 0. The quantitative estimate of drug-likeness (QED) is 0.545. The lowest BCUT2D eigenvalue weighted by Gasteiger charge is -2.05. The Morgan fingerprint density at radius 2 is 1.93 bits per heavy atom. The first-order valence-electron chi connectivity index (χ1n) is 4.14. The number of hydrogen-bond acceptors (Lipinski definition) is 3. The molecule has 0 unspecified atom stereocenters. The molecule has 0 bridgehead atoms. The summed E-state index contributed by atoms with van der Waals surface area (Å²) in [7, 11) is 0. The molecule has 0 rings (SSSR count). The van der Waals surface area contributed by atoms with Crippen LogP contribution in [0.3, 0.4) is 0 Å². The number of allylic oxidation sites excluding steroid dienone is 1. The van der Waals surface area contributed by atoms with Crippen LogP contribution in [-0.2, 0) is 9.47 Å². The molecule has 6 heteroatoms. The summed E-state index contributed by atoms with van der Waals surface area (Å²) in [6.07, 6.45) is -3.64. The molecule has 0 atom stereocenters. The highest BCUT2D eigenvalue weighted by Crippen LogP contribution is 2.22. The zero-order chi connectivity index (χ0) is 11.0. The van der Waals surface area contributed by atoms with E-state index in [1.807, 2.05) is 6.92 Å². The molecule has 0 aromatic heterocycles. The van der Waals surface area contributed by atoms with Crippen molar-refractivity contribution in [1.82, 2.24) is 0 Å². The molecule has 0 amide bonds. The highest BCUT2D eigenvalue weighted by atomic mass is 19.4. The summed E-state index contributed by atoms with van der Waals surface area (Å²) in [4.78, 5) is 0. The molecule has 84 valence electrons. The highest BCUT2D eigenvalue weighted by Gasteiger charge is 2.34. The van der Waals surface area contributed by atoms with Crippen molar-refractivity contribution < 1.29 is 27.8 Å². The SMILES string of the molecule is CCCOCCOC=C(O)C(F)(F)F. The van der Waals surface area contributed by atoms with E-state index in [0.717, 1.165) is 6.42 Å². The second-order valence-corrected chi connectivity index (χ2v) is 2.48. The molecule has 0 aliphatic rings. The van der Waals surface area contributed by atoms with Gasteiger partial charge in [-0.1, -0.05) is 6.92 Å². The lowest BCUT2D eigenvalue weighted by molar-refractivity contribution is -0.123. The molecule has 1 N–H and O–H groups in total. The molecule has 0 aromatic rings. The van der Waals surface area contributed by atoms with Gasteiger partial charge in [0.2, 0.25) is 5.76 Å². The molecule has 0 saturated heterocycles. The normalized spacial score (nSPS) is 13.0. The van der Waals surface area contributed by atoms with Crippen LogP contribution in [0.4, 0.5) is 13.2 Å². The molecule has 0 aliphatic carbocycles. The van der Waals surface area contributed by atoms with Gasteiger partial charge in [-0.15, -0.1) is 0 Å². The van der Waals surface area contributed by atoms with Crippen LogP contribution >= 0.6 is 0 Å². The fourth-order valence-electron chi connectivity index (χ4n) is 0.558. The molecular formula is C8H13F3O3. The lowest BCUT2D eigenvalue weighted by atomic mass is 10.5. The first kappa shape index (κ1) is 13.1. The first-order chi connectivity index (χ1) is 6.48. The Balaban J connectivity index is 3.52. The maximum absolute atomic E-state index is 11.6. The summed E-state index contributed by atoms with van der Waals surface area (Å²) < 4.78 is 44.3. The highest BCUT2D eigenvalue weighted by molar-refractivity contribution is 4.93. The molecule has 0 heterocycles. The summed E-state index contributed by atoms with van der Waals surface area (Å²) in [6, 6.07) is 0. The number of alkyl halides is 3. The number of rotatable bonds is 6. The number of aliphatic hydroxyl groups excluding tert-OH is 1. The van der Waals surface area contributed by atoms with Gasteiger partial charge in [0, 0.05) is 6.61 Å². The minimum atomic E-state index is -4.75. The van der Waals surface area contributed by atoms with Crippen molar-refractivity contribution in [3.05, 3.63) is 12.0 Å². The smallest absolute Gasteiger partial charge is 0.451 e. The molecule has 3 nitrogen and oxygen atoms in total. The summed E-state index contributed by atoms with van der Waals surface area (Å²) in [6.45, 7) is 2.64. The van der Waals surface area contributed by atoms with Crippen LogP contribution in [0.25, 0.3) is 0 Å². The Kier molecular flexibility index (Phi) is 6.11. The van der Waals surface area contributed by atoms with E-state index >= 15 is 0 Å². The van der Waals surface area contributed by atoms with E-state index in [9.17, 15) is 13.2 Å². The maximum Gasteiger partial charge on any atom is 0.451 e. The van der Waals surface area contributed by atoms with Crippen LogP contribution in [0.15, 0.2) is 12.0 Å². The van der Waals surface area contributed by atoms with E-state index in [1.165, 1.54) is 0 Å². The van der Waals surface area contributed by atoms with E-state index in [-0.39, 0.29) is 19.5 Å². The number of aliphatic hydroxyl groups is 1. The molecule has 0 fully saturated rings. The summed E-state index contributed by atoms with van der Waals surface area (Å²) >= 11 is 0. The van der Waals surface area contributed by atoms with Crippen molar-refractivity contribution in [1.29, 1.82) is 0 Å². The second kappa shape index (κ2) is 6.53. The van der Waals surface area contributed by atoms with Crippen LogP contribution < -0.4 is 0 Å². The Hall–Kier alpha value is -0.910. The Morgan fingerprint density at radius 1 is 1.29 bits per heavy atom. The first-order valence-corrected chi connectivity index (χ1v) is 4.14. The van der Waals surface area contributed by atoms with E-state index in [1.54, 1.807) is 0 Å². The van der Waals surface area contributed by atoms with Crippen LogP contribution in [0, 0.1) is 0 Å². The van der Waals surface area contributed by atoms with Gasteiger partial charge in [-0.05, 0) is 6.42 Å². The zero-order valence-corrected chi connectivity index (χ0v) is 7.80. The molecular weight excluding hydrogens is 201 g/mol. The van der Waals surface area contributed by atoms with Gasteiger partial charge in [-0.2, -0.15) is 13.2 Å².